The van der Waals surface area contributed by atoms with Crippen molar-refractivity contribution in [1.82, 2.24) is 4.98 Å². The summed E-state index contributed by atoms with van der Waals surface area (Å²) in [4.78, 5) is 16.8. The number of fused-ring (bicyclic) bond motifs is 3. The summed E-state index contributed by atoms with van der Waals surface area (Å²) in [6.45, 7) is 0.493. The highest BCUT2D eigenvalue weighted by Crippen LogP contribution is 2.49. The fourth-order valence-electron chi connectivity index (χ4n) is 5.34. The number of carbonyl (C=O) groups excluding carboxylic acids is 1. The lowest BCUT2D eigenvalue weighted by Gasteiger charge is -2.28. The van der Waals surface area contributed by atoms with Crippen molar-refractivity contribution in [2.75, 3.05) is 7.11 Å². The molecule has 4 aromatic carbocycles. The van der Waals surface area contributed by atoms with Crippen molar-refractivity contribution in [2.24, 2.45) is 0 Å². The smallest absolute Gasteiger partial charge is 0.340 e. The van der Waals surface area contributed by atoms with Gasteiger partial charge in [-0.05, 0) is 52.4 Å². The van der Waals surface area contributed by atoms with Crippen molar-refractivity contribution in [2.45, 2.75) is 18.9 Å². The van der Waals surface area contributed by atoms with Crippen molar-refractivity contribution in [3.63, 3.8) is 0 Å². The van der Waals surface area contributed by atoms with E-state index >= 15 is 0 Å². The molecule has 182 valence electrons. The Kier molecular flexibility index (Phi) is 6.07. The standard InChI is InChI=1S/C33H27NO3/c1-36-33(35)31-27(24-15-9-4-10-16-24)20-26(23-13-7-3-8-14-23)30-28-19-25(17-18-29(28)34-32(30)31)37-21-22-11-5-2-6-12-22/h2-19,26,34H,20-21H2,1H3. The lowest BCUT2D eigenvalue weighted by Crippen LogP contribution is -2.17. The first-order valence-electron chi connectivity index (χ1n) is 12.5. The molecular weight excluding hydrogens is 458 g/mol. The molecule has 1 heterocycles. The zero-order valence-corrected chi connectivity index (χ0v) is 20.6. The van der Waals surface area contributed by atoms with Crippen LogP contribution in [0.2, 0.25) is 0 Å². The summed E-state index contributed by atoms with van der Waals surface area (Å²) >= 11 is 0. The molecule has 0 radical (unpaired) electrons. The molecule has 4 heteroatoms. The van der Waals surface area contributed by atoms with Crippen LogP contribution in [0.3, 0.4) is 0 Å². The second-order valence-electron chi connectivity index (χ2n) is 9.27. The van der Waals surface area contributed by atoms with Gasteiger partial charge >= 0.3 is 5.97 Å². The highest BCUT2D eigenvalue weighted by molar-refractivity contribution is 6.26. The van der Waals surface area contributed by atoms with Crippen molar-refractivity contribution >= 4 is 28.0 Å². The molecule has 37 heavy (non-hydrogen) atoms. The molecule has 4 nitrogen and oxygen atoms in total. The first-order valence-corrected chi connectivity index (χ1v) is 12.5. The number of aromatic amines is 1. The number of nitrogens with one attached hydrogen (secondary N) is 1. The van der Waals surface area contributed by atoms with Crippen LogP contribution in [-0.2, 0) is 16.1 Å². The SMILES string of the molecule is COC(=O)C1=C(c2ccccc2)CC(c2ccccc2)c2c1[nH]c1ccc(OCc3ccccc3)cc21. The Labute approximate surface area is 216 Å². The molecule has 0 spiro atoms. The predicted octanol–water partition coefficient (Wildman–Crippen LogP) is 7.37. The van der Waals surface area contributed by atoms with Gasteiger partial charge in [-0.1, -0.05) is 91.0 Å². The number of allylic oxidation sites excluding steroid dienone is 1. The van der Waals surface area contributed by atoms with Crippen LogP contribution in [0.1, 0.15) is 40.3 Å². The van der Waals surface area contributed by atoms with E-state index in [4.69, 9.17) is 9.47 Å². The fraction of sp³-hybridized carbons (Fsp3) is 0.121. The Morgan fingerprint density at radius 2 is 1.54 bits per heavy atom. The highest BCUT2D eigenvalue weighted by atomic mass is 16.5. The number of ether oxygens (including phenoxy) is 2. The van der Waals surface area contributed by atoms with E-state index in [2.05, 4.69) is 59.6 Å². The lowest BCUT2D eigenvalue weighted by atomic mass is 9.75. The Morgan fingerprint density at radius 3 is 2.24 bits per heavy atom. The zero-order valence-electron chi connectivity index (χ0n) is 20.6. The summed E-state index contributed by atoms with van der Waals surface area (Å²) in [5, 5.41) is 1.06. The van der Waals surface area contributed by atoms with Crippen LogP contribution < -0.4 is 4.74 Å². The number of esters is 1. The third-order valence-corrected chi connectivity index (χ3v) is 7.08. The zero-order chi connectivity index (χ0) is 25.2. The first kappa shape index (κ1) is 22.9. The monoisotopic (exact) mass is 485 g/mol. The number of carbonyl (C=O) groups is 1. The molecule has 1 aliphatic carbocycles. The molecule has 1 aromatic heterocycles. The number of hydrogen-bond donors (Lipinski definition) is 1. The van der Waals surface area contributed by atoms with E-state index in [0.29, 0.717) is 18.6 Å². The quantitative estimate of drug-likeness (QED) is 0.256. The Bertz CT molecular complexity index is 1580. The molecular formula is C33H27NO3. The molecule has 1 atom stereocenters. The number of methoxy groups -OCH3 is 1. The summed E-state index contributed by atoms with van der Waals surface area (Å²) in [6.07, 6.45) is 0.688. The van der Waals surface area contributed by atoms with Gasteiger partial charge in [0.1, 0.15) is 12.4 Å². The van der Waals surface area contributed by atoms with Crippen molar-refractivity contribution in [3.8, 4) is 5.75 Å². The molecule has 0 bridgehead atoms. The first-order chi connectivity index (χ1) is 18.2. The second kappa shape index (κ2) is 9.82. The largest absolute Gasteiger partial charge is 0.489 e. The Morgan fingerprint density at radius 1 is 0.865 bits per heavy atom. The summed E-state index contributed by atoms with van der Waals surface area (Å²) in [5.74, 6) is 0.527. The summed E-state index contributed by atoms with van der Waals surface area (Å²) < 4.78 is 11.5. The van der Waals surface area contributed by atoms with Gasteiger partial charge in [-0.2, -0.15) is 0 Å². The average molecular weight is 486 g/mol. The predicted molar refractivity (Wildman–Crippen MR) is 147 cm³/mol. The van der Waals surface area contributed by atoms with Crippen LogP contribution in [0.25, 0.3) is 22.0 Å². The molecule has 0 fully saturated rings. The van der Waals surface area contributed by atoms with E-state index in [1.54, 1.807) is 0 Å². The van der Waals surface area contributed by atoms with Crippen LogP contribution in [0.15, 0.2) is 109 Å². The molecule has 6 rings (SSSR count). The lowest BCUT2D eigenvalue weighted by molar-refractivity contribution is -0.133. The number of H-pyrrole nitrogens is 1. The highest BCUT2D eigenvalue weighted by Gasteiger charge is 2.35. The van der Waals surface area contributed by atoms with Gasteiger partial charge in [-0.15, -0.1) is 0 Å². The van der Waals surface area contributed by atoms with E-state index in [0.717, 1.165) is 44.6 Å². The fourth-order valence-corrected chi connectivity index (χ4v) is 5.34. The minimum Gasteiger partial charge on any atom is -0.489 e. The molecule has 1 N–H and O–H groups in total. The molecule has 0 saturated heterocycles. The Hall–Kier alpha value is -4.57. The number of hydrogen-bond acceptors (Lipinski definition) is 3. The minimum absolute atomic E-state index is 0.0675. The van der Waals surface area contributed by atoms with Gasteiger partial charge in [0, 0.05) is 16.8 Å². The van der Waals surface area contributed by atoms with Gasteiger partial charge in [0.2, 0.25) is 0 Å². The maximum Gasteiger partial charge on any atom is 0.340 e. The molecule has 5 aromatic rings. The van der Waals surface area contributed by atoms with E-state index in [9.17, 15) is 4.79 Å². The van der Waals surface area contributed by atoms with Crippen LogP contribution >= 0.6 is 0 Å². The minimum atomic E-state index is -0.335. The van der Waals surface area contributed by atoms with Crippen molar-refractivity contribution in [3.05, 3.63) is 137 Å². The van der Waals surface area contributed by atoms with E-state index in [1.807, 2.05) is 54.6 Å². The third kappa shape index (κ3) is 4.31. The van der Waals surface area contributed by atoms with Crippen LogP contribution in [-0.4, -0.2) is 18.1 Å². The Balaban J connectivity index is 1.53. The van der Waals surface area contributed by atoms with Crippen LogP contribution in [0, 0.1) is 0 Å². The molecule has 0 saturated carbocycles. The van der Waals surface area contributed by atoms with Crippen LogP contribution in [0.5, 0.6) is 5.75 Å². The van der Waals surface area contributed by atoms with Gasteiger partial charge in [0.15, 0.2) is 0 Å². The van der Waals surface area contributed by atoms with Gasteiger partial charge < -0.3 is 14.5 Å². The topological polar surface area (TPSA) is 51.3 Å². The van der Waals surface area contributed by atoms with E-state index in [-0.39, 0.29) is 11.9 Å². The maximum atomic E-state index is 13.2. The molecule has 1 unspecified atom stereocenters. The van der Waals surface area contributed by atoms with Crippen molar-refractivity contribution < 1.29 is 14.3 Å². The summed E-state index contributed by atoms with van der Waals surface area (Å²) in [5.41, 5.74) is 7.82. The average Bonchev–Trinajstić information content (AvgIpc) is 3.35. The van der Waals surface area contributed by atoms with Crippen LogP contribution in [0.4, 0.5) is 0 Å². The van der Waals surface area contributed by atoms with Gasteiger partial charge in [0.05, 0.1) is 18.4 Å². The third-order valence-electron chi connectivity index (χ3n) is 7.08. The normalized spacial score (nSPS) is 14.9. The van der Waals surface area contributed by atoms with Gasteiger partial charge in [-0.25, -0.2) is 4.79 Å². The molecule has 0 aliphatic heterocycles. The van der Waals surface area contributed by atoms with E-state index in [1.165, 1.54) is 12.7 Å². The number of aromatic nitrogens is 1. The molecule has 0 amide bonds. The van der Waals surface area contributed by atoms with E-state index < -0.39 is 0 Å². The maximum absolute atomic E-state index is 13.2. The van der Waals surface area contributed by atoms with Crippen molar-refractivity contribution in [1.29, 1.82) is 0 Å². The summed E-state index contributed by atoms with van der Waals surface area (Å²) in [6, 6.07) is 36.9. The molecule has 1 aliphatic rings. The number of benzene rings is 4. The van der Waals surface area contributed by atoms with Gasteiger partial charge in [-0.3, -0.25) is 0 Å². The second-order valence-corrected chi connectivity index (χ2v) is 9.27. The number of rotatable bonds is 6. The summed E-state index contributed by atoms with van der Waals surface area (Å²) in [7, 11) is 1.44. The van der Waals surface area contributed by atoms with Gasteiger partial charge in [0.25, 0.3) is 0 Å².